The summed E-state index contributed by atoms with van der Waals surface area (Å²) in [6.07, 6.45) is 0.673. The Morgan fingerprint density at radius 3 is 2.67 bits per heavy atom. The van der Waals surface area contributed by atoms with Gasteiger partial charge in [0.25, 0.3) is 0 Å². The fourth-order valence-corrected chi connectivity index (χ4v) is 1.92. The summed E-state index contributed by atoms with van der Waals surface area (Å²) in [5.74, 6) is 1.68. The molecule has 3 heteroatoms. The first-order chi connectivity index (χ1) is 8.65. The number of hydrogen-bond acceptors (Lipinski definition) is 2. The van der Waals surface area contributed by atoms with E-state index in [1.165, 1.54) is 6.07 Å². The summed E-state index contributed by atoms with van der Waals surface area (Å²) in [5.41, 5.74) is 0.744. The molecule has 0 amide bonds. The zero-order valence-corrected chi connectivity index (χ0v) is 10.7. The average molecular weight is 247 g/mol. The Bertz CT molecular complexity index is 507. The molecule has 18 heavy (non-hydrogen) atoms. The summed E-state index contributed by atoms with van der Waals surface area (Å²) >= 11 is 0. The highest BCUT2D eigenvalue weighted by molar-refractivity contribution is 5.18. The normalized spacial score (nSPS) is 12.6. The quantitative estimate of drug-likeness (QED) is 0.875. The third-order valence-electron chi connectivity index (χ3n) is 2.90. The molecule has 1 aromatic carbocycles. The molecule has 1 unspecified atom stereocenters. The lowest BCUT2D eigenvalue weighted by Gasteiger charge is -2.13. The van der Waals surface area contributed by atoms with Gasteiger partial charge in [0.2, 0.25) is 0 Å². The Morgan fingerprint density at radius 1 is 1.22 bits per heavy atom. The van der Waals surface area contributed by atoms with Crippen molar-refractivity contribution in [1.29, 1.82) is 0 Å². The number of rotatable bonds is 5. The first-order valence-electron chi connectivity index (χ1n) is 6.17. The second kappa shape index (κ2) is 5.83. The third-order valence-corrected chi connectivity index (χ3v) is 2.90. The highest BCUT2D eigenvalue weighted by Gasteiger charge is 2.07. The zero-order chi connectivity index (χ0) is 13.0. The van der Waals surface area contributed by atoms with Crippen molar-refractivity contribution in [2.24, 2.45) is 0 Å². The molecule has 0 radical (unpaired) electrons. The molecular weight excluding hydrogens is 229 g/mol. The monoisotopic (exact) mass is 247 g/mol. The molecule has 0 saturated carbocycles. The van der Waals surface area contributed by atoms with Gasteiger partial charge in [-0.25, -0.2) is 4.39 Å². The van der Waals surface area contributed by atoms with Crippen molar-refractivity contribution in [2.45, 2.75) is 32.9 Å². The number of hydrogen-bond donors (Lipinski definition) is 1. The van der Waals surface area contributed by atoms with Gasteiger partial charge in [-0.05, 0) is 44.0 Å². The molecule has 0 aliphatic carbocycles. The Kier molecular flexibility index (Phi) is 4.15. The molecule has 1 aromatic heterocycles. The molecule has 0 aliphatic rings. The summed E-state index contributed by atoms with van der Waals surface area (Å²) < 4.78 is 18.9. The van der Waals surface area contributed by atoms with E-state index in [0.29, 0.717) is 13.0 Å². The van der Waals surface area contributed by atoms with Crippen LogP contribution in [-0.2, 0) is 13.0 Å². The molecule has 2 nitrogen and oxygen atoms in total. The van der Waals surface area contributed by atoms with Crippen molar-refractivity contribution < 1.29 is 8.81 Å². The fourth-order valence-electron chi connectivity index (χ4n) is 1.92. The topological polar surface area (TPSA) is 25.2 Å². The number of halogens is 1. The standard InChI is InChI=1S/C15H18FNO/c1-11(9-13-5-3-4-6-15(13)16)17-10-14-8-7-12(2)18-14/h3-8,11,17H,9-10H2,1-2H3. The maximum absolute atomic E-state index is 13.5. The van der Waals surface area contributed by atoms with Crippen molar-refractivity contribution in [2.75, 3.05) is 0 Å². The maximum Gasteiger partial charge on any atom is 0.126 e. The van der Waals surface area contributed by atoms with Crippen LogP contribution in [-0.4, -0.2) is 6.04 Å². The highest BCUT2D eigenvalue weighted by atomic mass is 19.1. The van der Waals surface area contributed by atoms with Gasteiger partial charge in [-0.2, -0.15) is 0 Å². The van der Waals surface area contributed by atoms with E-state index in [2.05, 4.69) is 5.32 Å². The Labute approximate surface area is 107 Å². The number of aryl methyl sites for hydroxylation is 1. The SMILES string of the molecule is Cc1ccc(CNC(C)Cc2ccccc2F)o1. The van der Waals surface area contributed by atoms with Crippen LogP contribution in [0.1, 0.15) is 24.0 Å². The molecule has 2 rings (SSSR count). The van der Waals surface area contributed by atoms with Gasteiger partial charge < -0.3 is 9.73 Å². The first-order valence-corrected chi connectivity index (χ1v) is 6.17. The van der Waals surface area contributed by atoms with Gasteiger partial charge in [0.05, 0.1) is 6.54 Å². The molecular formula is C15H18FNO. The van der Waals surface area contributed by atoms with E-state index in [0.717, 1.165) is 17.1 Å². The van der Waals surface area contributed by atoms with E-state index >= 15 is 0 Å². The van der Waals surface area contributed by atoms with Crippen LogP contribution in [0.4, 0.5) is 4.39 Å². The van der Waals surface area contributed by atoms with Gasteiger partial charge in [-0.1, -0.05) is 18.2 Å². The molecule has 0 aliphatic heterocycles. The molecule has 0 spiro atoms. The van der Waals surface area contributed by atoms with Crippen molar-refractivity contribution in [3.05, 3.63) is 59.3 Å². The lowest BCUT2D eigenvalue weighted by Crippen LogP contribution is -2.27. The molecule has 1 heterocycles. The molecule has 96 valence electrons. The van der Waals surface area contributed by atoms with Gasteiger partial charge in [0.15, 0.2) is 0 Å². The van der Waals surface area contributed by atoms with Crippen molar-refractivity contribution in [3.63, 3.8) is 0 Å². The number of furan rings is 1. The van der Waals surface area contributed by atoms with Gasteiger partial charge in [-0.3, -0.25) is 0 Å². The highest BCUT2D eigenvalue weighted by Crippen LogP contribution is 2.10. The Balaban J connectivity index is 1.85. The first kappa shape index (κ1) is 12.8. The number of nitrogens with one attached hydrogen (secondary N) is 1. The van der Waals surface area contributed by atoms with Gasteiger partial charge in [0.1, 0.15) is 17.3 Å². The molecule has 0 fully saturated rings. The number of benzene rings is 1. The summed E-state index contributed by atoms with van der Waals surface area (Å²) in [6.45, 7) is 4.64. The van der Waals surface area contributed by atoms with Gasteiger partial charge in [-0.15, -0.1) is 0 Å². The minimum absolute atomic E-state index is 0.139. The van der Waals surface area contributed by atoms with Crippen LogP contribution in [0, 0.1) is 12.7 Å². The fraction of sp³-hybridized carbons (Fsp3) is 0.333. The third kappa shape index (κ3) is 3.44. The summed E-state index contributed by atoms with van der Waals surface area (Å²) in [6, 6.07) is 11.0. The van der Waals surface area contributed by atoms with Crippen LogP contribution in [0.15, 0.2) is 40.8 Å². The van der Waals surface area contributed by atoms with Crippen LogP contribution >= 0.6 is 0 Å². The van der Waals surface area contributed by atoms with Crippen molar-refractivity contribution in [3.8, 4) is 0 Å². The van der Waals surface area contributed by atoms with E-state index in [4.69, 9.17) is 4.42 Å². The smallest absolute Gasteiger partial charge is 0.126 e. The van der Waals surface area contributed by atoms with Crippen LogP contribution in [0.25, 0.3) is 0 Å². The second-order valence-corrected chi connectivity index (χ2v) is 4.59. The summed E-state index contributed by atoms with van der Waals surface area (Å²) in [5, 5.41) is 3.33. The molecule has 0 bridgehead atoms. The predicted octanol–water partition coefficient (Wildman–Crippen LogP) is 3.45. The van der Waals surface area contributed by atoms with Crippen molar-refractivity contribution in [1.82, 2.24) is 5.32 Å². The maximum atomic E-state index is 13.5. The van der Waals surface area contributed by atoms with Crippen LogP contribution in [0.3, 0.4) is 0 Å². The molecule has 1 atom stereocenters. The van der Waals surface area contributed by atoms with E-state index in [-0.39, 0.29) is 11.9 Å². The van der Waals surface area contributed by atoms with Crippen LogP contribution < -0.4 is 5.32 Å². The summed E-state index contributed by atoms with van der Waals surface area (Å²) in [4.78, 5) is 0. The average Bonchev–Trinajstić information content (AvgIpc) is 2.76. The second-order valence-electron chi connectivity index (χ2n) is 4.59. The minimum Gasteiger partial charge on any atom is -0.465 e. The van der Waals surface area contributed by atoms with Crippen LogP contribution in [0.2, 0.25) is 0 Å². The molecule has 0 saturated heterocycles. The van der Waals surface area contributed by atoms with E-state index in [1.807, 2.05) is 38.1 Å². The van der Waals surface area contributed by atoms with E-state index in [9.17, 15) is 4.39 Å². The zero-order valence-electron chi connectivity index (χ0n) is 10.7. The molecule has 1 N–H and O–H groups in total. The lowest BCUT2D eigenvalue weighted by molar-refractivity contribution is 0.437. The van der Waals surface area contributed by atoms with E-state index < -0.39 is 0 Å². The molecule has 2 aromatic rings. The lowest BCUT2D eigenvalue weighted by atomic mass is 10.1. The van der Waals surface area contributed by atoms with Gasteiger partial charge in [0, 0.05) is 6.04 Å². The van der Waals surface area contributed by atoms with Crippen molar-refractivity contribution >= 4 is 0 Å². The predicted molar refractivity (Wildman–Crippen MR) is 69.9 cm³/mol. The largest absolute Gasteiger partial charge is 0.465 e. The van der Waals surface area contributed by atoms with E-state index in [1.54, 1.807) is 6.07 Å². The summed E-state index contributed by atoms with van der Waals surface area (Å²) in [7, 11) is 0. The van der Waals surface area contributed by atoms with Crippen LogP contribution in [0.5, 0.6) is 0 Å². The minimum atomic E-state index is -0.139. The Morgan fingerprint density at radius 2 is 2.00 bits per heavy atom. The van der Waals surface area contributed by atoms with Gasteiger partial charge >= 0.3 is 0 Å². The Hall–Kier alpha value is -1.61.